The molecule has 0 aliphatic carbocycles. The molecule has 0 saturated carbocycles. The molecule has 3 aromatic carbocycles. The van der Waals surface area contributed by atoms with E-state index in [9.17, 15) is 10.1 Å². The SMILES string of the molecule is Cn1c([C@@H](C#N)C(=O)[C@@H](Sc2ccccc2)c2ccccc2)nc2ccccc21. The second kappa shape index (κ2) is 8.34. The van der Waals surface area contributed by atoms with E-state index in [0.717, 1.165) is 21.5 Å². The number of nitrogens with zero attached hydrogens (tertiary/aromatic N) is 3. The van der Waals surface area contributed by atoms with Crippen molar-refractivity contribution >= 4 is 28.6 Å². The summed E-state index contributed by atoms with van der Waals surface area (Å²) in [4.78, 5) is 19.2. The van der Waals surface area contributed by atoms with Gasteiger partial charge in [0.2, 0.25) is 0 Å². The molecule has 0 unspecified atom stereocenters. The van der Waals surface area contributed by atoms with Gasteiger partial charge in [-0.2, -0.15) is 5.26 Å². The Morgan fingerprint density at radius 1 is 0.966 bits per heavy atom. The monoisotopic (exact) mass is 397 g/mol. The van der Waals surface area contributed by atoms with E-state index in [2.05, 4.69) is 11.1 Å². The molecule has 0 bridgehead atoms. The van der Waals surface area contributed by atoms with Crippen LogP contribution >= 0.6 is 11.8 Å². The number of ketones is 1. The van der Waals surface area contributed by atoms with E-state index < -0.39 is 11.2 Å². The molecule has 4 aromatic rings. The zero-order valence-electron chi connectivity index (χ0n) is 15.9. The fourth-order valence-corrected chi connectivity index (χ4v) is 4.51. The van der Waals surface area contributed by atoms with Gasteiger partial charge in [-0.3, -0.25) is 4.79 Å². The van der Waals surface area contributed by atoms with Crippen molar-refractivity contribution in [2.45, 2.75) is 16.1 Å². The minimum absolute atomic E-state index is 0.161. The van der Waals surface area contributed by atoms with Crippen LogP contribution in [0.25, 0.3) is 11.0 Å². The van der Waals surface area contributed by atoms with Crippen LogP contribution in [0.15, 0.2) is 89.8 Å². The molecule has 1 heterocycles. The summed E-state index contributed by atoms with van der Waals surface area (Å²) in [6, 6.07) is 29.3. The number of carbonyl (C=O) groups is 1. The first-order valence-electron chi connectivity index (χ1n) is 9.30. The molecule has 0 aliphatic rings. The molecular weight excluding hydrogens is 378 g/mol. The van der Waals surface area contributed by atoms with Gasteiger partial charge in [0.25, 0.3) is 0 Å². The van der Waals surface area contributed by atoms with Gasteiger partial charge in [0, 0.05) is 11.9 Å². The van der Waals surface area contributed by atoms with Gasteiger partial charge in [0.1, 0.15) is 5.82 Å². The quantitative estimate of drug-likeness (QED) is 0.415. The predicted octanol–water partition coefficient (Wildman–Crippen LogP) is 5.28. The van der Waals surface area contributed by atoms with Crippen LogP contribution in [0.1, 0.15) is 22.6 Å². The topological polar surface area (TPSA) is 58.7 Å². The smallest absolute Gasteiger partial charge is 0.175 e. The number of aromatic nitrogens is 2. The minimum Gasteiger partial charge on any atom is -0.330 e. The zero-order chi connectivity index (χ0) is 20.2. The average molecular weight is 398 g/mol. The summed E-state index contributed by atoms with van der Waals surface area (Å²) in [5, 5.41) is 9.43. The lowest BCUT2D eigenvalue weighted by molar-refractivity contribution is -0.119. The van der Waals surface area contributed by atoms with Crippen molar-refractivity contribution in [2.75, 3.05) is 0 Å². The Bertz CT molecular complexity index is 1180. The van der Waals surface area contributed by atoms with Crippen molar-refractivity contribution in [1.29, 1.82) is 5.26 Å². The summed E-state index contributed by atoms with van der Waals surface area (Å²) in [6.45, 7) is 0. The molecule has 0 aliphatic heterocycles. The molecule has 0 N–H and O–H groups in total. The number of benzene rings is 3. The molecule has 142 valence electrons. The van der Waals surface area contributed by atoms with Crippen molar-refractivity contribution in [3.63, 3.8) is 0 Å². The van der Waals surface area contributed by atoms with E-state index in [-0.39, 0.29) is 5.78 Å². The molecule has 0 spiro atoms. The zero-order valence-corrected chi connectivity index (χ0v) is 16.7. The van der Waals surface area contributed by atoms with Gasteiger partial charge in [-0.15, -0.1) is 11.8 Å². The van der Waals surface area contributed by atoms with E-state index >= 15 is 0 Å². The van der Waals surface area contributed by atoms with Crippen LogP contribution < -0.4 is 0 Å². The lowest BCUT2D eigenvalue weighted by Gasteiger charge is -2.19. The molecule has 0 fully saturated rings. The second-order valence-corrected chi connectivity index (χ2v) is 7.88. The number of thioether (sulfide) groups is 1. The highest BCUT2D eigenvalue weighted by molar-refractivity contribution is 8.00. The molecule has 4 rings (SSSR count). The molecule has 0 amide bonds. The van der Waals surface area contributed by atoms with E-state index in [1.165, 1.54) is 11.8 Å². The summed E-state index contributed by atoms with van der Waals surface area (Å²) in [6.07, 6.45) is 0. The van der Waals surface area contributed by atoms with Gasteiger partial charge in [0.15, 0.2) is 11.7 Å². The molecular formula is C24H19N3OS. The van der Waals surface area contributed by atoms with Crippen LogP contribution in [0.5, 0.6) is 0 Å². The van der Waals surface area contributed by atoms with Gasteiger partial charge in [-0.05, 0) is 29.8 Å². The van der Waals surface area contributed by atoms with Gasteiger partial charge in [-0.25, -0.2) is 4.98 Å². The third kappa shape index (κ3) is 3.80. The van der Waals surface area contributed by atoms with E-state index in [0.29, 0.717) is 5.82 Å². The Morgan fingerprint density at radius 3 is 2.24 bits per heavy atom. The molecule has 5 heteroatoms. The lowest BCUT2D eigenvalue weighted by Crippen LogP contribution is -2.20. The number of Topliss-reactive ketones (excluding diaryl/α,β-unsaturated/α-hetero) is 1. The highest BCUT2D eigenvalue weighted by atomic mass is 32.2. The number of carbonyl (C=O) groups excluding carboxylic acids is 1. The number of rotatable bonds is 6. The molecule has 29 heavy (non-hydrogen) atoms. The summed E-state index contributed by atoms with van der Waals surface area (Å²) >= 11 is 1.46. The van der Waals surface area contributed by atoms with E-state index in [1.807, 2.05) is 96.5 Å². The summed E-state index contributed by atoms with van der Waals surface area (Å²) < 4.78 is 1.84. The van der Waals surface area contributed by atoms with Crippen molar-refractivity contribution in [1.82, 2.24) is 9.55 Å². The molecule has 0 saturated heterocycles. The van der Waals surface area contributed by atoms with E-state index in [1.54, 1.807) is 0 Å². The van der Waals surface area contributed by atoms with Gasteiger partial charge in [0.05, 0.1) is 22.4 Å². The lowest BCUT2D eigenvalue weighted by atomic mass is 9.97. The van der Waals surface area contributed by atoms with Crippen LogP contribution in [0.3, 0.4) is 0 Å². The molecule has 1 aromatic heterocycles. The van der Waals surface area contributed by atoms with Crippen LogP contribution in [0.2, 0.25) is 0 Å². The molecule has 0 radical (unpaired) electrons. The number of nitriles is 1. The largest absolute Gasteiger partial charge is 0.330 e. The second-order valence-electron chi connectivity index (χ2n) is 6.70. The number of aryl methyl sites for hydroxylation is 1. The van der Waals surface area contributed by atoms with Crippen LogP contribution in [0, 0.1) is 11.3 Å². The summed E-state index contributed by atoms with van der Waals surface area (Å²) in [7, 11) is 1.85. The normalized spacial score (nSPS) is 13.0. The Labute approximate surface area is 173 Å². The molecule has 2 atom stereocenters. The van der Waals surface area contributed by atoms with Crippen molar-refractivity contribution in [2.24, 2.45) is 7.05 Å². The summed E-state index contributed by atoms with van der Waals surface area (Å²) in [5.41, 5.74) is 2.57. The van der Waals surface area contributed by atoms with Gasteiger partial charge in [-0.1, -0.05) is 60.7 Å². The Kier molecular flexibility index (Phi) is 5.46. The standard InChI is InChI=1S/C24H19N3OS/c1-27-21-15-9-8-14-20(21)26-24(27)19(16-25)22(28)23(17-10-4-2-5-11-17)29-18-12-6-3-7-13-18/h2-15,19,23H,1H3/t19-,23-/m0/s1. The van der Waals surface area contributed by atoms with Crippen LogP contribution in [-0.2, 0) is 11.8 Å². The number of fused-ring (bicyclic) bond motifs is 1. The predicted molar refractivity (Wildman–Crippen MR) is 116 cm³/mol. The van der Waals surface area contributed by atoms with Crippen molar-refractivity contribution in [3.8, 4) is 6.07 Å². The number of imidazole rings is 1. The number of hydrogen-bond donors (Lipinski definition) is 0. The first-order valence-corrected chi connectivity index (χ1v) is 10.2. The van der Waals surface area contributed by atoms with Crippen molar-refractivity contribution < 1.29 is 4.79 Å². The van der Waals surface area contributed by atoms with E-state index in [4.69, 9.17) is 0 Å². The maximum atomic E-state index is 13.6. The van der Waals surface area contributed by atoms with Crippen LogP contribution in [-0.4, -0.2) is 15.3 Å². The maximum absolute atomic E-state index is 13.6. The van der Waals surface area contributed by atoms with Crippen LogP contribution in [0.4, 0.5) is 0 Å². The fourth-order valence-electron chi connectivity index (χ4n) is 3.38. The Hall–Kier alpha value is -3.36. The fraction of sp³-hybridized carbons (Fsp3) is 0.125. The highest BCUT2D eigenvalue weighted by Gasteiger charge is 2.33. The number of para-hydroxylation sites is 2. The average Bonchev–Trinajstić information content (AvgIpc) is 3.10. The maximum Gasteiger partial charge on any atom is 0.175 e. The van der Waals surface area contributed by atoms with Crippen molar-refractivity contribution in [3.05, 3.63) is 96.3 Å². The summed E-state index contributed by atoms with van der Waals surface area (Å²) in [5.74, 6) is -0.631. The number of hydrogen-bond acceptors (Lipinski definition) is 4. The minimum atomic E-state index is -0.950. The first-order chi connectivity index (χ1) is 14.2. The van der Waals surface area contributed by atoms with Gasteiger partial charge >= 0.3 is 0 Å². The molecule has 4 nitrogen and oxygen atoms in total. The first kappa shape index (κ1) is 19.0. The third-order valence-corrected chi connectivity index (χ3v) is 6.14. The Balaban J connectivity index is 1.75. The highest BCUT2D eigenvalue weighted by Crippen LogP contribution is 2.39. The Morgan fingerprint density at radius 2 is 1.59 bits per heavy atom. The third-order valence-electron chi connectivity index (χ3n) is 4.85. The van der Waals surface area contributed by atoms with Gasteiger partial charge < -0.3 is 4.57 Å².